The van der Waals surface area contributed by atoms with Gasteiger partial charge in [0.1, 0.15) is 11.3 Å². The third kappa shape index (κ3) is 2.42. The number of hydrogen-bond acceptors (Lipinski definition) is 4. The van der Waals surface area contributed by atoms with Crippen molar-refractivity contribution in [3.63, 3.8) is 0 Å². The number of benzene rings is 1. The molecule has 1 N–H and O–H groups in total. The number of carbonyl (C=O) groups excluding carboxylic acids is 3. The number of aromatic nitrogens is 1. The van der Waals surface area contributed by atoms with Crippen LogP contribution in [-0.2, 0) is 11.8 Å². The summed E-state index contributed by atoms with van der Waals surface area (Å²) in [6.45, 7) is 3.37. The molecule has 3 aromatic rings. The number of anilines is 1. The second kappa shape index (κ2) is 5.81. The molecular weight excluding hydrogens is 308 g/mol. The van der Waals surface area contributed by atoms with Gasteiger partial charge in [-0.25, -0.2) is 0 Å². The minimum Gasteiger partial charge on any atom is -0.464 e. The minimum absolute atomic E-state index is 0.268. The molecule has 0 saturated carbocycles. The highest BCUT2D eigenvalue weighted by molar-refractivity contribution is 6.34. The van der Waals surface area contributed by atoms with Gasteiger partial charge in [0.2, 0.25) is 5.78 Å². The topological polar surface area (TPSA) is 81.3 Å². The molecule has 0 spiro atoms. The molecule has 0 aliphatic heterocycles. The third-order valence-corrected chi connectivity index (χ3v) is 4.21. The van der Waals surface area contributed by atoms with Crippen LogP contribution in [-0.4, -0.2) is 22.5 Å². The van der Waals surface area contributed by atoms with Crippen molar-refractivity contribution in [1.82, 2.24) is 4.57 Å². The van der Waals surface area contributed by atoms with Crippen LogP contribution in [0.2, 0.25) is 0 Å². The Labute approximate surface area is 138 Å². The van der Waals surface area contributed by atoms with E-state index in [1.54, 1.807) is 49.9 Å². The van der Waals surface area contributed by atoms with E-state index >= 15 is 0 Å². The number of hydrogen-bond donors (Lipinski definition) is 1. The smallest absolute Gasteiger partial charge is 0.272 e. The maximum atomic E-state index is 12.7. The van der Waals surface area contributed by atoms with Crippen LogP contribution in [0.3, 0.4) is 0 Å². The van der Waals surface area contributed by atoms with Crippen LogP contribution in [0, 0.1) is 13.8 Å². The fourth-order valence-electron chi connectivity index (χ4n) is 2.96. The van der Waals surface area contributed by atoms with Gasteiger partial charge in [-0.3, -0.25) is 14.4 Å². The molecule has 0 bridgehead atoms. The highest BCUT2D eigenvalue weighted by Gasteiger charge is 2.24. The molecule has 0 saturated heterocycles. The highest BCUT2D eigenvalue weighted by Crippen LogP contribution is 2.24. The molecule has 0 aliphatic rings. The van der Waals surface area contributed by atoms with Gasteiger partial charge in [0.25, 0.3) is 5.91 Å². The number of rotatable bonds is 4. The molecule has 3 rings (SSSR count). The lowest BCUT2D eigenvalue weighted by Crippen LogP contribution is -2.17. The summed E-state index contributed by atoms with van der Waals surface area (Å²) in [6.07, 6.45) is 1.85. The molecule has 6 nitrogen and oxygen atoms in total. The van der Waals surface area contributed by atoms with Crippen molar-refractivity contribution in [3.05, 3.63) is 53.0 Å². The first-order valence-corrected chi connectivity index (χ1v) is 7.38. The number of Topliss-reactive ketones (excluding diaryl/α,β-unsaturated/α-hetero) is 1. The van der Waals surface area contributed by atoms with E-state index in [0.29, 0.717) is 22.6 Å². The quantitative estimate of drug-likeness (QED) is 0.454. The average Bonchev–Trinajstić information content (AvgIpc) is 3.10. The van der Waals surface area contributed by atoms with Crippen LogP contribution in [0.5, 0.6) is 0 Å². The van der Waals surface area contributed by atoms with Crippen LogP contribution in [0.25, 0.3) is 11.0 Å². The Morgan fingerprint density at radius 2 is 1.96 bits per heavy atom. The lowest BCUT2D eigenvalue weighted by Gasteiger charge is -2.08. The first kappa shape index (κ1) is 15.7. The Kier molecular flexibility index (Phi) is 3.81. The van der Waals surface area contributed by atoms with E-state index in [4.69, 9.17) is 4.42 Å². The summed E-state index contributed by atoms with van der Waals surface area (Å²) >= 11 is 0. The van der Waals surface area contributed by atoms with Gasteiger partial charge in [0.15, 0.2) is 6.29 Å². The number of nitrogens with zero attached hydrogens (tertiary/aromatic N) is 1. The van der Waals surface area contributed by atoms with Crippen molar-refractivity contribution < 1.29 is 18.8 Å². The second-order valence-electron chi connectivity index (χ2n) is 5.60. The molecule has 0 unspecified atom stereocenters. The van der Waals surface area contributed by atoms with Gasteiger partial charge in [-0.2, -0.15) is 0 Å². The average molecular weight is 324 g/mol. The molecule has 24 heavy (non-hydrogen) atoms. The number of amides is 1. The molecule has 0 radical (unpaired) electrons. The maximum Gasteiger partial charge on any atom is 0.272 e. The largest absolute Gasteiger partial charge is 0.464 e. The lowest BCUT2D eigenvalue weighted by atomic mass is 10.1. The number of aldehydes is 1. The van der Waals surface area contributed by atoms with Crippen molar-refractivity contribution in [2.24, 2.45) is 7.05 Å². The summed E-state index contributed by atoms with van der Waals surface area (Å²) in [7, 11) is 1.69. The summed E-state index contributed by atoms with van der Waals surface area (Å²) in [5.74, 6) is -0.967. The zero-order valence-corrected chi connectivity index (χ0v) is 13.5. The third-order valence-electron chi connectivity index (χ3n) is 4.21. The van der Waals surface area contributed by atoms with E-state index in [-0.39, 0.29) is 17.8 Å². The number of fused-ring (bicyclic) bond motifs is 1. The van der Waals surface area contributed by atoms with Crippen LogP contribution in [0.15, 0.2) is 34.9 Å². The Balaban J connectivity index is 1.98. The zero-order chi connectivity index (χ0) is 17.4. The van der Waals surface area contributed by atoms with Gasteiger partial charge in [-0.1, -0.05) is 0 Å². The van der Waals surface area contributed by atoms with Crippen molar-refractivity contribution in [3.8, 4) is 0 Å². The summed E-state index contributed by atoms with van der Waals surface area (Å²) in [5, 5.41) is 3.70. The van der Waals surface area contributed by atoms with Gasteiger partial charge in [0.05, 0.1) is 6.26 Å². The van der Waals surface area contributed by atoms with Crippen molar-refractivity contribution in [1.29, 1.82) is 0 Å². The predicted octanol–water partition coefficient (Wildman–Crippen LogP) is 3.02. The number of furan rings is 1. The van der Waals surface area contributed by atoms with Gasteiger partial charge in [-0.15, -0.1) is 0 Å². The Hall–Kier alpha value is -3.15. The van der Waals surface area contributed by atoms with Crippen molar-refractivity contribution in [2.45, 2.75) is 13.8 Å². The van der Waals surface area contributed by atoms with E-state index < -0.39 is 5.78 Å². The van der Waals surface area contributed by atoms with Gasteiger partial charge in [0, 0.05) is 29.4 Å². The molecule has 2 heterocycles. The van der Waals surface area contributed by atoms with Gasteiger partial charge in [-0.05, 0) is 43.7 Å². The Morgan fingerprint density at radius 3 is 2.67 bits per heavy atom. The van der Waals surface area contributed by atoms with Gasteiger partial charge >= 0.3 is 0 Å². The normalized spacial score (nSPS) is 10.8. The highest BCUT2D eigenvalue weighted by atomic mass is 16.3. The van der Waals surface area contributed by atoms with Crippen LogP contribution in [0.4, 0.5) is 5.69 Å². The van der Waals surface area contributed by atoms with E-state index in [2.05, 4.69) is 5.32 Å². The minimum atomic E-state index is -0.625. The molecule has 6 heteroatoms. The Bertz CT molecular complexity index is 978. The first-order chi connectivity index (χ1) is 11.4. The van der Waals surface area contributed by atoms with Gasteiger partial charge < -0.3 is 14.3 Å². The van der Waals surface area contributed by atoms with E-state index in [9.17, 15) is 14.4 Å². The molecular formula is C18H16N2O4. The summed E-state index contributed by atoms with van der Waals surface area (Å²) in [6, 6.07) is 7.13. The zero-order valence-electron chi connectivity index (χ0n) is 13.5. The van der Waals surface area contributed by atoms with Crippen LogP contribution >= 0.6 is 0 Å². The first-order valence-electron chi connectivity index (χ1n) is 7.38. The monoisotopic (exact) mass is 324 g/mol. The van der Waals surface area contributed by atoms with Crippen molar-refractivity contribution >= 4 is 34.6 Å². The van der Waals surface area contributed by atoms with Crippen molar-refractivity contribution in [2.75, 3.05) is 5.32 Å². The number of ketones is 1. The SMILES string of the molecule is Cc1c(C(=O)C=O)c(C)n(C)c1C(=O)Nc1ccc2occc2c1. The molecule has 1 aromatic carbocycles. The fraction of sp³-hybridized carbons (Fsp3) is 0.167. The summed E-state index contributed by atoms with van der Waals surface area (Å²) < 4.78 is 6.89. The molecule has 1 amide bonds. The van der Waals surface area contributed by atoms with Crippen LogP contribution < -0.4 is 5.32 Å². The van der Waals surface area contributed by atoms with E-state index in [1.807, 2.05) is 6.07 Å². The standard InChI is InChI=1S/C18H16N2O4/c1-10-16(14(22)9-21)11(2)20(3)17(10)18(23)19-13-4-5-15-12(8-13)6-7-24-15/h4-9H,1-3H3,(H,19,23). The predicted molar refractivity (Wildman–Crippen MR) is 89.4 cm³/mol. The van der Waals surface area contributed by atoms with E-state index in [1.165, 1.54) is 0 Å². The van der Waals surface area contributed by atoms with Crippen LogP contribution in [0.1, 0.15) is 32.1 Å². The Morgan fingerprint density at radius 1 is 1.21 bits per heavy atom. The molecule has 0 aliphatic carbocycles. The summed E-state index contributed by atoms with van der Waals surface area (Å²) in [4.78, 5) is 35.3. The second-order valence-corrected chi connectivity index (χ2v) is 5.60. The molecule has 2 aromatic heterocycles. The maximum absolute atomic E-state index is 12.7. The molecule has 122 valence electrons. The van der Waals surface area contributed by atoms with E-state index in [0.717, 1.165) is 11.0 Å². The molecule has 0 fully saturated rings. The number of carbonyl (C=O) groups is 3. The molecule has 0 atom stereocenters. The lowest BCUT2D eigenvalue weighted by molar-refractivity contribution is -0.104. The summed E-state index contributed by atoms with van der Waals surface area (Å²) in [5.41, 5.74) is 3.06. The fourth-order valence-corrected chi connectivity index (χ4v) is 2.96. The number of nitrogens with one attached hydrogen (secondary N) is 1.